The van der Waals surface area contributed by atoms with E-state index in [0.717, 1.165) is 34.9 Å². The fraction of sp³-hybridized carbons (Fsp3) is 0.385. The fourth-order valence-corrected chi connectivity index (χ4v) is 4.05. The van der Waals surface area contributed by atoms with Gasteiger partial charge in [-0.1, -0.05) is 38.0 Å². The lowest BCUT2D eigenvalue weighted by Crippen LogP contribution is -2.45. The number of H-pyrrole nitrogens is 1. The maximum absolute atomic E-state index is 13.3. The first-order valence-corrected chi connectivity index (χ1v) is 11.4. The quantitative estimate of drug-likeness (QED) is 0.444. The number of aromatic amines is 1. The minimum atomic E-state index is -0.452. The summed E-state index contributed by atoms with van der Waals surface area (Å²) in [7, 11) is 3.21. The number of carbonyl (C=O) groups excluding carboxylic acids is 2. The minimum Gasteiger partial charge on any atom is -0.496 e. The monoisotopic (exact) mass is 451 g/mol. The number of hydrogen-bond donors (Lipinski definition) is 2. The Morgan fingerprint density at radius 2 is 1.73 bits per heavy atom. The average molecular weight is 452 g/mol. The van der Waals surface area contributed by atoms with Crippen LogP contribution in [0.25, 0.3) is 10.9 Å². The zero-order valence-electron chi connectivity index (χ0n) is 20.0. The van der Waals surface area contributed by atoms with Crippen LogP contribution >= 0.6 is 0 Å². The van der Waals surface area contributed by atoms with Gasteiger partial charge in [0.25, 0.3) is 5.91 Å². The van der Waals surface area contributed by atoms with Gasteiger partial charge in [0.2, 0.25) is 0 Å². The van der Waals surface area contributed by atoms with Crippen LogP contribution in [0.1, 0.15) is 60.8 Å². The molecule has 1 aromatic heterocycles. The van der Waals surface area contributed by atoms with E-state index >= 15 is 0 Å². The summed E-state index contributed by atoms with van der Waals surface area (Å²) in [5, 5.41) is 3.99. The van der Waals surface area contributed by atoms with E-state index in [1.807, 2.05) is 43.3 Å². The predicted molar refractivity (Wildman–Crippen MR) is 130 cm³/mol. The standard InChI is InChI=1S/C26H33N3O4/c1-6-8-12-20(24-22(32-4)14-17(3)15-23(24)33-5)28-26(31)29(7-2)25(30)21-16-18-11-9-10-13-19(18)27-21/h9-11,13-16,20,27H,6-8,12H2,1-5H3,(H,28,31)/t20-/m1/s1. The Morgan fingerprint density at radius 3 is 2.30 bits per heavy atom. The molecule has 0 spiro atoms. The second kappa shape index (κ2) is 10.9. The number of ether oxygens (including phenoxy) is 2. The molecule has 0 aliphatic heterocycles. The fourth-order valence-electron chi connectivity index (χ4n) is 4.05. The van der Waals surface area contributed by atoms with Gasteiger partial charge in [0.15, 0.2) is 0 Å². The van der Waals surface area contributed by atoms with Crippen molar-refractivity contribution in [1.82, 2.24) is 15.2 Å². The predicted octanol–water partition coefficient (Wildman–Crippen LogP) is 5.60. The molecule has 0 aliphatic carbocycles. The molecule has 1 heterocycles. The van der Waals surface area contributed by atoms with E-state index in [4.69, 9.17) is 9.47 Å². The van der Waals surface area contributed by atoms with Gasteiger partial charge < -0.3 is 19.8 Å². The lowest BCUT2D eigenvalue weighted by atomic mass is 9.97. The summed E-state index contributed by atoms with van der Waals surface area (Å²) in [6.07, 6.45) is 2.55. The topological polar surface area (TPSA) is 83.7 Å². The third-order valence-electron chi connectivity index (χ3n) is 5.75. The number of aromatic nitrogens is 1. The Labute approximate surface area is 195 Å². The molecule has 0 saturated carbocycles. The number of aryl methyl sites for hydroxylation is 1. The molecular formula is C26H33N3O4. The molecule has 33 heavy (non-hydrogen) atoms. The molecular weight excluding hydrogens is 418 g/mol. The number of urea groups is 1. The molecule has 0 unspecified atom stereocenters. The summed E-state index contributed by atoms with van der Waals surface area (Å²) in [6.45, 7) is 6.09. The molecule has 0 fully saturated rings. The van der Waals surface area contributed by atoms with Crippen LogP contribution < -0.4 is 14.8 Å². The summed E-state index contributed by atoms with van der Waals surface area (Å²) < 4.78 is 11.3. The number of nitrogens with zero attached hydrogens (tertiary/aromatic N) is 1. The van der Waals surface area contributed by atoms with Crippen molar-refractivity contribution in [2.45, 2.75) is 46.1 Å². The van der Waals surface area contributed by atoms with Crippen molar-refractivity contribution >= 4 is 22.8 Å². The largest absolute Gasteiger partial charge is 0.496 e. The highest BCUT2D eigenvalue weighted by atomic mass is 16.5. The second-order valence-electron chi connectivity index (χ2n) is 8.05. The van der Waals surface area contributed by atoms with Crippen molar-refractivity contribution in [1.29, 1.82) is 0 Å². The molecule has 0 radical (unpaired) electrons. The molecule has 3 amide bonds. The molecule has 7 heteroatoms. The van der Waals surface area contributed by atoms with Crippen LogP contribution in [0.5, 0.6) is 11.5 Å². The van der Waals surface area contributed by atoms with Gasteiger partial charge in [0, 0.05) is 17.4 Å². The highest BCUT2D eigenvalue weighted by Gasteiger charge is 2.28. The molecule has 1 atom stereocenters. The zero-order chi connectivity index (χ0) is 24.0. The number of benzene rings is 2. The number of carbonyl (C=O) groups is 2. The van der Waals surface area contributed by atoms with Gasteiger partial charge in [-0.15, -0.1) is 0 Å². The molecule has 2 N–H and O–H groups in total. The molecule has 3 rings (SSSR count). The summed E-state index contributed by atoms with van der Waals surface area (Å²) in [5.74, 6) is 0.930. The van der Waals surface area contributed by atoms with Crippen molar-refractivity contribution < 1.29 is 19.1 Å². The maximum Gasteiger partial charge on any atom is 0.324 e. The van der Waals surface area contributed by atoms with E-state index in [0.29, 0.717) is 23.6 Å². The molecule has 3 aromatic rings. The molecule has 0 aliphatic rings. The van der Waals surface area contributed by atoms with Gasteiger partial charge in [0.1, 0.15) is 17.2 Å². The SMILES string of the molecule is CCCC[C@@H](NC(=O)N(CC)C(=O)c1cc2ccccc2[nH]1)c1c(OC)cc(C)cc1OC. The Balaban J connectivity index is 1.91. The van der Waals surface area contributed by atoms with Crippen LogP contribution in [0.2, 0.25) is 0 Å². The van der Waals surface area contributed by atoms with E-state index in [1.54, 1.807) is 27.2 Å². The number of amides is 3. The van der Waals surface area contributed by atoms with Gasteiger partial charge >= 0.3 is 6.03 Å². The number of nitrogens with one attached hydrogen (secondary N) is 2. The molecule has 0 bridgehead atoms. The Bertz CT molecular complexity index is 1060. The van der Waals surface area contributed by atoms with Crippen molar-refractivity contribution in [3.05, 3.63) is 59.3 Å². The Hall–Kier alpha value is -3.48. The number of rotatable bonds is 9. The first kappa shape index (κ1) is 24.2. The summed E-state index contributed by atoms with van der Waals surface area (Å²) in [6, 6.07) is 12.4. The second-order valence-corrected chi connectivity index (χ2v) is 8.05. The van der Waals surface area contributed by atoms with Gasteiger partial charge in [-0.3, -0.25) is 9.69 Å². The van der Waals surface area contributed by atoms with E-state index in [-0.39, 0.29) is 18.5 Å². The highest BCUT2D eigenvalue weighted by Crippen LogP contribution is 2.38. The van der Waals surface area contributed by atoms with Crippen LogP contribution in [-0.2, 0) is 0 Å². The van der Waals surface area contributed by atoms with Gasteiger partial charge in [0.05, 0.1) is 25.8 Å². The van der Waals surface area contributed by atoms with Crippen LogP contribution in [0.3, 0.4) is 0 Å². The average Bonchev–Trinajstić information content (AvgIpc) is 3.26. The lowest BCUT2D eigenvalue weighted by Gasteiger charge is -2.27. The molecule has 7 nitrogen and oxygen atoms in total. The van der Waals surface area contributed by atoms with Crippen LogP contribution in [0.4, 0.5) is 4.79 Å². The first-order valence-electron chi connectivity index (χ1n) is 11.4. The van der Waals surface area contributed by atoms with E-state index in [1.165, 1.54) is 4.90 Å². The smallest absolute Gasteiger partial charge is 0.324 e. The number of para-hydroxylation sites is 1. The van der Waals surface area contributed by atoms with Crippen LogP contribution in [0.15, 0.2) is 42.5 Å². The summed E-state index contributed by atoms with van der Waals surface area (Å²) in [5.41, 5.74) is 3.01. The lowest BCUT2D eigenvalue weighted by molar-refractivity contribution is 0.0799. The van der Waals surface area contributed by atoms with Gasteiger partial charge in [-0.25, -0.2) is 4.79 Å². The number of fused-ring (bicyclic) bond motifs is 1. The number of unbranched alkanes of at least 4 members (excludes halogenated alkanes) is 1. The van der Waals surface area contributed by atoms with E-state index in [9.17, 15) is 9.59 Å². The number of hydrogen-bond acceptors (Lipinski definition) is 4. The van der Waals surface area contributed by atoms with Crippen molar-refractivity contribution in [2.24, 2.45) is 0 Å². The number of methoxy groups -OCH3 is 2. The number of imide groups is 1. The van der Waals surface area contributed by atoms with Crippen molar-refractivity contribution in [3.8, 4) is 11.5 Å². The zero-order valence-corrected chi connectivity index (χ0v) is 20.0. The van der Waals surface area contributed by atoms with Crippen molar-refractivity contribution in [3.63, 3.8) is 0 Å². The highest BCUT2D eigenvalue weighted by molar-refractivity contribution is 6.05. The summed E-state index contributed by atoms with van der Waals surface area (Å²) in [4.78, 5) is 30.8. The van der Waals surface area contributed by atoms with Crippen LogP contribution in [-0.4, -0.2) is 42.6 Å². The molecule has 2 aromatic carbocycles. The van der Waals surface area contributed by atoms with E-state index in [2.05, 4.69) is 17.2 Å². The minimum absolute atomic E-state index is 0.239. The third-order valence-corrected chi connectivity index (χ3v) is 5.75. The first-order chi connectivity index (χ1) is 15.9. The molecule has 0 saturated heterocycles. The Kier molecular flexibility index (Phi) is 7.98. The summed E-state index contributed by atoms with van der Waals surface area (Å²) >= 11 is 0. The van der Waals surface area contributed by atoms with Gasteiger partial charge in [-0.05, 0) is 50.1 Å². The normalized spacial score (nSPS) is 11.8. The van der Waals surface area contributed by atoms with Crippen molar-refractivity contribution in [2.75, 3.05) is 20.8 Å². The molecule has 176 valence electrons. The maximum atomic E-state index is 13.3. The Morgan fingerprint density at radius 1 is 1.06 bits per heavy atom. The van der Waals surface area contributed by atoms with E-state index < -0.39 is 6.03 Å². The third kappa shape index (κ3) is 5.30. The van der Waals surface area contributed by atoms with Crippen LogP contribution in [0, 0.1) is 6.92 Å². The van der Waals surface area contributed by atoms with Gasteiger partial charge in [-0.2, -0.15) is 0 Å².